The molecule has 1 aromatic rings. The molecule has 0 atom stereocenters. The zero-order valence-electron chi connectivity index (χ0n) is 8.77. The molecular weight excluding hydrogens is 279 g/mol. The molecule has 0 unspecified atom stereocenters. The minimum atomic E-state index is -0.609. The topological polar surface area (TPSA) is 42.0 Å². The highest BCUT2D eigenvalue weighted by Crippen LogP contribution is 2.24. The van der Waals surface area contributed by atoms with E-state index in [2.05, 4.69) is 26.2 Å². The fourth-order valence-electron chi connectivity index (χ4n) is 0.897. The number of hydrogen-bond donors (Lipinski definition) is 1. The number of nitrogens with one attached hydrogen (secondary N) is 1. The maximum Gasteiger partial charge on any atom is 0.240 e. The van der Waals surface area contributed by atoms with Crippen LogP contribution in [-0.4, -0.2) is 15.2 Å². The number of amides is 1. The number of halogens is 2. The highest BCUT2D eigenvalue weighted by atomic mass is 79.9. The first kappa shape index (κ1) is 12.5. The summed E-state index contributed by atoms with van der Waals surface area (Å²) in [5, 5.41) is 3.30. The predicted octanol–water partition coefficient (Wildman–Crippen LogP) is 3.16. The van der Waals surface area contributed by atoms with Crippen LogP contribution in [0.2, 0.25) is 5.02 Å². The molecule has 0 fully saturated rings. The van der Waals surface area contributed by atoms with Crippen molar-refractivity contribution in [2.24, 2.45) is 0 Å². The van der Waals surface area contributed by atoms with Gasteiger partial charge in [0.05, 0.1) is 21.2 Å². The minimum Gasteiger partial charge on any atom is -0.323 e. The minimum absolute atomic E-state index is 0.130. The molecule has 0 aliphatic heterocycles. The number of carbonyl (C=O) groups excluding carboxylic acids is 1. The molecule has 0 radical (unpaired) electrons. The molecule has 0 aliphatic carbocycles. The summed E-state index contributed by atoms with van der Waals surface area (Å²) in [6.45, 7) is 5.38. The first-order valence-corrected chi connectivity index (χ1v) is 5.60. The smallest absolute Gasteiger partial charge is 0.240 e. The third-order valence-corrected chi connectivity index (χ3v) is 2.68. The van der Waals surface area contributed by atoms with E-state index in [-0.39, 0.29) is 5.91 Å². The summed E-state index contributed by atoms with van der Waals surface area (Å²) < 4.78 is -0.609. The summed E-state index contributed by atoms with van der Waals surface area (Å²) in [6, 6.07) is 0. The third-order valence-electron chi connectivity index (χ3n) is 1.94. The highest BCUT2D eigenvalue weighted by Gasteiger charge is 2.24. The second-order valence-corrected chi connectivity index (χ2v) is 6.11. The van der Waals surface area contributed by atoms with Crippen molar-refractivity contribution < 1.29 is 4.79 Å². The van der Waals surface area contributed by atoms with Crippen LogP contribution in [0, 0.1) is 6.92 Å². The van der Waals surface area contributed by atoms with E-state index < -0.39 is 4.32 Å². The second-order valence-electron chi connectivity index (χ2n) is 3.72. The molecule has 0 saturated carbocycles. The van der Waals surface area contributed by atoms with Crippen LogP contribution in [0.1, 0.15) is 19.4 Å². The van der Waals surface area contributed by atoms with Gasteiger partial charge in [-0.2, -0.15) is 0 Å². The molecule has 3 nitrogen and oxygen atoms in total. The van der Waals surface area contributed by atoms with Crippen molar-refractivity contribution in [1.29, 1.82) is 0 Å². The van der Waals surface area contributed by atoms with Gasteiger partial charge < -0.3 is 5.32 Å². The normalized spacial score (nSPS) is 11.3. The fraction of sp³-hybridized carbons (Fsp3) is 0.400. The molecule has 1 heterocycles. The largest absolute Gasteiger partial charge is 0.323 e. The first-order valence-electron chi connectivity index (χ1n) is 4.43. The van der Waals surface area contributed by atoms with Crippen LogP contribution >= 0.6 is 27.5 Å². The number of anilines is 1. The monoisotopic (exact) mass is 290 g/mol. The molecule has 15 heavy (non-hydrogen) atoms. The van der Waals surface area contributed by atoms with E-state index in [1.54, 1.807) is 26.2 Å². The summed E-state index contributed by atoms with van der Waals surface area (Å²) in [6.07, 6.45) is 3.13. The summed E-state index contributed by atoms with van der Waals surface area (Å²) in [5.74, 6) is -0.130. The molecule has 1 N–H and O–H groups in total. The summed E-state index contributed by atoms with van der Waals surface area (Å²) in [4.78, 5) is 15.6. The van der Waals surface area contributed by atoms with Crippen molar-refractivity contribution in [1.82, 2.24) is 4.98 Å². The van der Waals surface area contributed by atoms with Gasteiger partial charge in [-0.25, -0.2) is 0 Å². The number of pyridine rings is 1. The highest BCUT2D eigenvalue weighted by molar-refractivity contribution is 9.10. The Bertz CT molecular complexity index is 387. The van der Waals surface area contributed by atoms with Gasteiger partial charge in [-0.3, -0.25) is 9.78 Å². The van der Waals surface area contributed by atoms with Gasteiger partial charge in [-0.15, -0.1) is 0 Å². The lowest BCUT2D eigenvalue weighted by Gasteiger charge is -2.16. The van der Waals surface area contributed by atoms with E-state index in [4.69, 9.17) is 11.6 Å². The molecule has 5 heteroatoms. The quantitative estimate of drug-likeness (QED) is 0.851. The van der Waals surface area contributed by atoms with Crippen LogP contribution in [0.25, 0.3) is 0 Å². The van der Waals surface area contributed by atoms with Gasteiger partial charge in [0.15, 0.2) is 0 Å². The molecular formula is C10H12BrClN2O. The SMILES string of the molecule is Cc1c(Cl)cncc1NC(=O)C(C)(C)Br. The maximum atomic E-state index is 11.7. The molecule has 1 rings (SSSR count). The van der Waals surface area contributed by atoms with Crippen LogP contribution < -0.4 is 5.32 Å². The fourth-order valence-corrected chi connectivity index (χ4v) is 1.15. The van der Waals surface area contributed by atoms with E-state index >= 15 is 0 Å². The molecule has 0 aliphatic rings. The van der Waals surface area contributed by atoms with E-state index in [9.17, 15) is 4.79 Å². The van der Waals surface area contributed by atoms with Crippen LogP contribution in [0.4, 0.5) is 5.69 Å². The molecule has 0 aromatic carbocycles. The molecule has 1 amide bonds. The Balaban J connectivity index is 2.91. The number of rotatable bonds is 2. The predicted molar refractivity (Wildman–Crippen MR) is 65.6 cm³/mol. The van der Waals surface area contributed by atoms with E-state index in [1.807, 2.05) is 6.92 Å². The average molecular weight is 292 g/mol. The number of hydrogen-bond acceptors (Lipinski definition) is 2. The van der Waals surface area contributed by atoms with Crippen molar-refractivity contribution in [2.45, 2.75) is 25.1 Å². The molecule has 0 saturated heterocycles. The third kappa shape index (κ3) is 3.18. The number of aromatic nitrogens is 1. The number of nitrogens with zero attached hydrogens (tertiary/aromatic N) is 1. The molecule has 82 valence electrons. The van der Waals surface area contributed by atoms with Crippen molar-refractivity contribution in [3.8, 4) is 0 Å². The zero-order chi connectivity index (χ0) is 11.6. The molecule has 0 bridgehead atoms. The van der Waals surface area contributed by atoms with Crippen molar-refractivity contribution in [3.05, 3.63) is 23.0 Å². The van der Waals surface area contributed by atoms with Gasteiger partial charge >= 0.3 is 0 Å². The van der Waals surface area contributed by atoms with Gasteiger partial charge in [-0.1, -0.05) is 27.5 Å². The molecule has 0 spiro atoms. The Morgan fingerprint density at radius 2 is 2.13 bits per heavy atom. The summed E-state index contributed by atoms with van der Waals surface area (Å²) in [7, 11) is 0. The van der Waals surface area contributed by atoms with Crippen molar-refractivity contribution in [3.63, 3.8) is 0 Å². The Morgan fingerprint density at radius 3 is 2.67 bits per heavy atom. The Morgan fingerprint density at radius 1 is 1.53 bits per heavy atom. The van der Waals surface area contributed by atoms with Gasteiger partial charge in [0.1, 0.15) is 0 Å². The average Bonchev–Trinajstić information content (AvgIpc) is 2.11. The van der Waals surface area contributed by atoms with Gasteiger partial charge in [0.25, 0.3) is 0 Å². The lowest BCUT2D eigenvalue weighted by Crippen LogP contribution is -2.31. The first-order chi connectivity index (χ1) is 6.82. The Kier molecular flexibility index (Phi) is 3.73. The van der Waals surface area contributed by atoms with Gasteiger partial charge in [0, 0.05) is 6.20 Å². The van der Waals surface area contributed by atoms with Crippen molar-refractivity contribution in [2.75, 3.05) is 5.32 Å². The van der Waals surface area contributed by atoms with Crippen molar-refractivity contribution >= 4 is 39.1 Å². The van der Waals surface area contributed by atoms with E-state index in [0.29, 0.717) is 10.7 Å². The Hall–Kier alpha value is -0.610. The molecule has 1 aromatic heterocycles. The van der Waals surface area contributed by atoms with Gasteiger partial charge in [0.2, 0.25) is 5.91 Å². The van der Waals surface area contributed by atoms with E-state index in [0.717, 1.165) is 5.56 Å². The van der Waals surface area contributed by atoms with Gasteiger partial charge in [-0.05, 0) is 26.3 Å². The maximum absolute atomic E-state index is 11.7. The van der Waals surface area contributed by atoms with Crippen LogP contribution in [-0.2, 0) is 4.79 Å². The summed E-state index contributed by atoms with van der Waals surface area (Å²) >= 11 is 9.17. The van der Waals surface area contributed by atoms with E-state index in [1.165, 1.54) is 0 Å². The standard InChI is InChI=1S/C10H12BrClN2O/c1-6-7(12)4-13-5-8(6)14-9(15)10(2,3)11/h4-5H,1-3H3,(H,14,15). The number of alkyl halides is 1. The van der Waals surface area contributed by atoms with Crippen LogP contribution in [0.3, 0.4) is 0 Å². The zero-order valence-corrected chi connectivity index (χ0v) is 11.1. The summed E-state index contributed by atoms with van der Waals surface area (Å²) in [5.41, 5.74) is 1.46. The number of carbonyl (C=O) groups is 1. The van der Waals surface area contributed by atoms with Crippen LogP contribution in [0.15, 0.2) is 12.4 Å². The second kappa shape index (κ2) is 4.49. The van der Waals surface area contributed by atoms with Crippen LogP contribution in [0.5, 0.6) is 0 Å². The Labute approximate surface area is 102 Å². The lowest BCUT2D eigenvalue weighted by molar-refractivity contribution is -0.117. The lowest BCUT2D eigenvalue weighted by atomic mass is 10.2.